The summed E-state index contributed by atoms with van der Waals surface area (Å²) in [4.78, 5) is 32.1. The van der Waals surface area contributed by atoms with E-state index in [0.717, 1.165) is 16.8 Å². The summed E-state index contributed by atoms with van der Waals surface area (Å²) in [5.74, 6) is -1.18. The van der Waals surface area contributed by atoms with Gasteiger partial charge in [0.1, 0.15) is 0 Å². The monoisotopic (exact) mass is 428 g/mol. The summed E-state index contributed by atoms with van der Waals surface area (Å²) in [7, 11) is 1.57. The van der Waals surface area contributed by atoms with Gasteiger partial charge >= 0.3 is 5.97 Å². The highest BCUT2D eigenvalue weighted by Crippen LogP contribution is 2.33. The van der Waals surface area contributed by atoms with Crippen molar-refractivity contribution in [2.24, 2.45) is 5.73 Å². The molecule has 0 unspecified atom stereocenters. The number of nitrogens with zero attached hydrogens (tertiary/aromatic N) is 2. The number of hydrogen-bond acceptors (Lipinski definition) is 6. The van der Waals surface area contributed by atoms with Crippen LogP contribution in [0.4, 0.5) is 11.4 Å². The van der Waals surface area contributed by atoms with Gasteiger partial charge in [-0.1, -0.05) is 18.2 Å². The maximum absolute atomic E-state index is 12.1. The van der Waals surface area contributed by atoms with E-state index in [1.165, 1.54) is 18.3 Å². The quantitative estimate of drug-likeness (QED) is 0.421. The molecule has 0 bridgehead atoms. The lowest BCUT2D eigenvalue weighted by Gasteiger charge is -2.14. The average molecular weight is 428 g/mol. The summed E-state index contributed by atoms with van der Waals surface area (Å²) in [6.45, 7) is 1.89. The molecule has 0 aliphatic carbocycles. The molecule has 0 spiro atoms. The van der Waals surface area contributed by atoms with Crippen LogP contribution in [0.25, 0.3) is 22.0 Å². The summed E-state index contributed by atoms with van der Waals surface area (Å²) in [6.07, 6.45) is 1.41. The third-order valence-corrected chi connectivity index (χ3v) is 4.99. The van der Waals surface area contributed by atoms with Crippen molar-refractivity contribution in [3.63, 3.8) is 0 Å². The van der Waals surface area contributed by atoms with E-state index < -0.39 is 11.9 Å². The fourth-order valence-electron chi connectivity index (χ4n) is 3.48. The van der Waals surface area contributed by atoms with Crippen molar-refractivity contribution in [2.45, 2.75) is 6.92 Å². The van der Waals surface area contributed by atoms with Crippen molar-refractivity contribution in [1.29, 1.82) is 0 Å². The molecule has 32 heavy (non-hydrogen) atoms. The lowest BCUT2D eigenvalue weighted by molar-refractivity contribution is 0.0696. The molecule has 0 saturated carbocycles. The summed E-state index contributed by atoms with van der Waals surface area (Å²) in [5.41, 5.74) is 10.1. The van der Waals surface area contributed by atoms with Gasteiger partial charge in [0.2, 0.25) is 5.88 Å². The van der Waals surface area contributed by atoms with Gasteiger partial charge in [-0.15, -0.1) is 0 Å². The number of carbonyl (C=O) groups excluding carboxylic acids is 1. The molecular weight excluding hydrogens is 408 g/mol. The van der Waals surface area contributed by atoms with Crippen LogP contribution in [0.1, 0.15) is 26.4 Å². The number of pyridine rings is 2. The lowest BCUT2D eigenvalue weighted by atomic mass is 10.0. The number of fused-ring (bicyclic) bond motifs is 1. The Morgan fingerprint density at radius 2 is 1.88 bits per heavy atom. The summed E-state index contributed by atoms with van der Waals surface area (Å²) >= 11 is 0. The van der Waals surface area contributed by atoms with Crippen molar-refractivity contribution in [1.82, 2.24) is 9.97 Å². The van der Waals surface area contributed by atoms with Crippen LogP contribution in [-0.2, 0) is 0 Å². The van der Waals surface area contributed by atoms with Crippen LogP contribution < -0.4 is 15.8 Å². The lowest BCUT2D eigenvalue weighted by Crippen LogP contribution is -2.14. The zero-order valence-corrected chi connectivity index (χ0v) is 17.4. The molecule has 4 N–H and O–H groups in total. The number of nitrogens with two attached hydrogens (primary N) is 1. The van der Waals surface area contributed by atoms with Crippen molar-refractivity contribution < 1.29 is 19.4 Å². The molecule has 2 aromatic heterocycles. The molecule has 0 radical (unpaired) electrons. The molecule has 4 rings (SSSR count). The molecule has 0 aliphatic rings. The van der Waals surface area contributed by atoms with Crippen LogP contribution in [0.2, 0.25) is 0 Å². The Kier molecular flexibility index (Phi) is 5.43. The number of aromatic carboxylic acids is 1. The largest absolute Gasteiger partial charge is 0.481 e. The van der Waals surface area contributed by atoms with E-state index in [-0.39, 0.29) is 11.1 Å². The highest BCUT2D eigenvalue weighted by atomic mass is 16.5. The first kappa shape index (κ1) is 20.8. The Morgan fingerprint density at radius 1 is 1.06 bits per heavy atom. The number of rotatable bonds is 6. The van der Waals surface area contributed by atoms with Crippen LogP contribution in [0, 0.1) is 6.92 Å². The minimum absolute atomic E-state index is 0.123. The van der Waals surface area contributed by atoms with Crippen LogP contribution >= 0.6 is 0 Å². The number of aromatic nitrogens is 2. The molecule has 8 heteroatoms. The minimum Gasteiger partial charge on any atom is -0.481 e. The van der Waals surface area contributed by atoms with Gasteiger partial charge < -0.3 is 20.9 Å². The van der Waals surface area contributed by atoms with Gasteiger partial charge in [0.15, 0.2) is 0 Å². The zero-order chi connectivity index (χ0) is 22.8. The number of nitrogens with one attached hydrogen (secondary N) is 1. The summed E-state index contributed by atoms with van der Waals surface area (Å²) in [5, 5.41) is 13.1. The van der Waals surface area contributed by atoms with Crippen molar-refractivity contribution in [3.8, 4) is 17.0 Å². The number of amides is 1. The third-order valence-electron chi connectivity index (χ3n) is 4.99. The van der Waals surface area contributed by atoms with E-state index >= 15 is 0 Å². The topological polar surface area (TPSA) is 127 Å². The highest BCUT2D eigenvalue weighted by molar-refractivity contribution is 6.08. The number of hydrogen-bond donors (Lipinski definition) is 3. The third kappa shape index (κ3) is 4.06. The second kappa shape index (κ2) is 8.35. The first-order valence-corrected chi connectivity index (χ1v) is 9.71. The van der Waals surface area contributed by atoms with E-state index in [4.69, 9.17) is 10.5 Å². The van der Waals surface area contributed by atoms with Gasteiger partial charge in [-0.2, -0.15) is 0 Å². The minimum atomic E-state index is -1.05. The van der Waals surface area contributed by atoms with Crippen LogP contribution in [0.15, 0.2) is 60.8 Å². The molecule has 4 aromatic rings. The average Bonchev–Trinajstić information content (AvgIpc) is 2.78. The van der Waals surface area contributed by atoms with E-state index in [1.54, 1.807) is 19.2 Å². The number of primary amides is 1. The summed E-state index contributed by atoms with van der Waals surface area (Å²) < 4.78 is 5.27. The second-order valence-electron chi connectivity index (χ2n) is 7.19. The predicted octanol–water partition coefficient (Wildman–Crippen LogP) is 4.15. The normalized spacial score (nSPS) is 10.7. The molecular formula is C24H20N4O4. The Balaban J connectivity index is 1.84. The maximum atomic E-state index is 12.1. The number of carboxylic acids is 1. The number of carboxylic acid groups (broad SMARTS) is 1. The van der Waals surface area contributed by atoms with Gasteiger partial charge in [-0.25, -0.2) is 9.78 Å². The van der Waals surface area contributed by atoms with Crippen molar-refractivity contribution in [3.05, 3.63) is 77.6 Å². The molecule has 1 amide bonds. The van der Waals surface area contributed by atoms with Gasteiger partial charge in [-0.3, -0.25) is 9.78 Å². The molecule has 0 atom stereocenters. The maximum Gasteiger partial charge on any atom is 0.335 e. The van der Waals surface area contributed by atoms with Crippen molar-refractivity contribution >= 4 is 34.2 Å². The molecule has 2 aromatic carbocycles. The number of methoxy groups -OCH3 is 1. The van der Waals surface area contributed by atoms with Crippen molar-refractivity contribution in [2.75, 3.05) is 12.4 Å². The van der Waals surface area contributed by atoms with Gasteiger partial charge in [-0.05, 0) is 48.4 Å². The zero-order valence-electron chi connectivity index (χ0n) is 17.4. The fourth-order valence-corrected chi connectivity index (χ4v) is 3.48. The standard InChI is InChI=1S/C24H20N4O4/c1-13-8-16(11-21(27-13)32-2)14-6-7-18-20(10-14)26-12-19(23(25)29)22(18)28-17-5-3-4-15(9-17)24(30)31/h3-12H,1-2H3,(H2,25,29)(H,26,28)(H,30,31). The van der Waals surface area contributed by atoms with Crippen LogP contribution in [0.5, 0.6) is 5.88 Å². The number of aryl methyl sites for hydroxylation is 1. The number of anilines is 2. The highest BCUT2D eigenvalue weighted by Gasteiger charge is 2.15. The van der Waals surface area contributed by atoms with Crippen LogP contribution in [0.3, 0.4) is 0 Å². The Labute approximate surface area is 183 Å². The molecule has 0 fully saturated rings. The second-order valence-corrected chi connectivity index (χ2v) is 7.19. The SMILES string of the molecule is COc1cc(-c2ccc3c(Nc4cccc(C(=O)O)c4)c(C(N)=O)cnc3c2)cc(C)n1. The Hall–Kier alpha value is -4.46. The smallest absolute Gasteiger partial charge is 0.335 e. The van der Waals surface area contributed by atoms with E-state index in [0.29, 0.717) is 28.2 Å². The first-order valence-electron chi connectivity index (χ1n) is 9.71. The molecule has 8 nitrogen and oxygen atoms in total. The Bertz CT molecular complexity index is 1370. The summed E-state index contributed by atoms with van der Waals surface area (Å²) in [6, 6.07) is 15.7. The van der Waals surface area contributed by atoms with Gasteiger partial charge in [0, 0.05) is 29.0 Å². The van der Waals surface area contributed by atoms with E-state index in [1.807, 2.05) is 37.3 Å². The fraction of sp³-hybridized carbons (Fsp3) is 0.0833. The van der Waals surface area contributed by atoms with Crippen LogP contribution in [-0.4, -0.2) is 34.1 Å². The predicted molar refractivity (Wildman–Crippen MR) is 121 cm³/mol. The van der Waals surface area contributed by atoms with Gasteiger partial charge in [0.05, 0.1) is 29.4 Å². The molecule has 0 saturated heterocycles. The van der Waals surface area contributed by atoms with Gasteiger partial charge in [0.25, 0.3) is 5.91 Å². The molecule has 160 valence electrons. The molecule has 2 heterocycles. The number of benzene rings is 2. The Morgan fingerprint density at radius 3 is 2.59 bits per heavy atom. The van der Waals surface area contributed by atoms with E-state index in [2.05, 4.69) is 15.3 Å². The number of ether oxygens (including phenoxy) is 1. The van der Waals surface area contributed by atoms with E-state index in [9.17, 15) is 14.7 Å². The first-order chi connectivity index (χ1) is 15.4. The molecule has 0 aliphatic heterocycles. The number of carbonyl (C=O) groups is 2.